The average molecular weight is 200 g/mol. The van der Waals surface area contributed by atoms with Crippen molar-refractivity contribution in [3.63, 3.8) is 0 Å². The molecule has 1 heterocycles. The zero-order chi connectivity index (χ0) is 9.16. The number of nitrogens with zero attached hydrogens (tertiary/aromatic N) is 1. The Morgan fingerprint density at radius 3 is 2.77 bits per heavy atom. The van der Waals surface area contributed by atoms with Gasteiger partial charge in [-0.15, -0.1) is 11.6 Å². The highest BCUT2D eigenvalue weighted by molar-refractivity contribution is 6.21. The van der Waals surface area contributed by atoms with Crippen LogP contribution in [0, 0.1) is 17.8 Å². The summed E-state index contributed by atoms with van der Waals surface area (Å²) in [7, 11) is 0. The standard InChI is InChI=1S/C10H14ClNO/c1-5(13)12-4-7-2-6-3-8(7)10(12)9(6)11/h6-10H,2-4H2,1H3. The molecular weight excluding hydrogens is 186 g/mol. The predicted octanol–water partition coefficient (Wildman–Crippen LogP) is 1.48. The first-order valence-electron chi connectivity index (χ1n) is 5.09. The lowest BCUT2D eigenvalue weighted by Gasteiger charge is -2.27. The third-order valence-electron chi connectivity index (χ3n) is 4.20. The van der Waals surface area contributed by atoms with Crippen LogP contribution in [0.25, 0.3) is 0 Å². The number of halogens is 1. The van der Waals surface area contributed by atoms with Gasteiger partial charge in [0, 0.05) is 13.5 Å². The van der Waals surface area contributed by atoms with Crippen molar-refractivity contribution in [3.05, 3.63) is 0 Å². The van der Waals surface area contributed by atoms with Crippen LogP contribution in [-0.2, 0) is 4.79 Å². The van der Waals surface area contributed by atoms with Crippen molar-refractivity contribution in [2.24, 2.45) is 17.8 Å². The number of carbonyl (C=O) groups is 1. The van der Waals surface area contributed by atoms with Gasteiger partial charge in [0.25, 0.3) is 0 Å². The average Bonchev–Trinajstić information content (AvgIpc) is 2.60. The Morgan fingerprint density at radius 2 is 2.15 bits per heavy atom. The zero-order valence-electron chi connectivity index (χ0n) is 7.74. The topological polar surface area (TPSA) is 20.3 Å². The van der Waals surface area contributed by atoms with E-state index in [4.69, 9.17) is 11.6 Å². The van der Waals surface area contributed by atoms with E-state index in [-0.39, 0.29) is 11.3 Å². The summed E-state index contributed by atoms with van der Waals surface area (Å²) < 4.78 is 0. The fourth-order valence-electron chi connectivity index (χ4n) is 3.72. The summed E-state index contributed by atoms with van der Waals surface area (Å²) in [6.07, 6.45) is 2.53. The van der Waals surface area contributed by atoms with Crippen molar-refractivity contribution >= 4 is 17.5 Å². The maximum Gasteiger partial charge on any atom is 0.219 e. The van der Waals surface area contributed by atoms with Crippen LogP contribution in [0.2, 0.25) is 0 Å². The van der Waals surface area contributed by atoms with Gasteiger partial charge in [0.15, 0.2) is 0 Å². The molecule has 2 aliphatic carbocycles. The van der Waals surface area contributed by atoms with Crippen molar-refractivity contribution in [2.75, 3.05) is 6.54 Å². The molecule has 0 N–H and O–H groups in total. The van der Waals surface area contributed by atoms with E-state index in [1.165, 1.54) is 12.8 Å². The fourth-order valence-corrected chi connectivity index (χ4v) is 4.25. The van der Waals surface area contributed by atoms with Crippen molar-refractivity contribution in [1.29, 1.82) is 0 Å². The molecule has 3 fully saturated rings. The van der Waals surface area contributed by atoms with Crippen LogP contribution in [0.1, 0.15) is 19.8 Å². The van der Waals surface area contributed by atoms with E-state index in [1.807, 2.05) is 4.90 Å². The smallest absolute Gasteiger partial charge is 0.219 e. The van der Waals surface area contributed by atoms with Gasteiger partial charge >= 0.3 is 0 Å². The van der Waals surface area contributed by atoms with Crippen LogP contribution in [0.5, 0.6) is 0 Å². The minimum Gasteiger partial charge on any atom is -0.338 e. The third kappa shape index (κ3) is 0.876. The van der Waals surface area contributed by atoms with E-state index in [0.717, 1.165) is 18.4 Å². The molecule has 5 unspecified atom stereocenters. The summed E-state index contributed by atoms with van der Waals surface area (Å²) in [5.41, 5.74) is 0. The van der Waals surface area contributed by atoms with E-state index >= 15 is 0 Å². The molecule has 0 aromatic heterocycles. The molecule has 1 aliphatic heterocycles. The van der Waals surface area contributed by atoms with Gasteiger partial charge in [0.2, 0.25) is 5.91 Å². The Hall–Kier alpha value is -0.240. The molecule has 13 heavy (non-hydrogen) atoms. The first-order valence-corrected chi connectivity index (χ1v) is 5.53. The van der Waals surface area contributed by atoms with Crippen LogP contribution < -0.4 is 0 Å². The van der Waals surface area contributed by atoms with E-state index in [0.29, 0.717) is 12.0 Å². The van der Waals surface area contributed by atoms with Crippen molar-refractivity contribution in [3.8, 4) is 0 Å². The number of likely N-dealkylation sites (tertiary alicyclic amines) is 1. The number of fused-ring (bicyclic) bond motifs is 1. The van der Waals surface area contributed by atoms with Crippen molar-refractivity contribution < 1.29 is 4.79 Å². The maximum absolute atomic E-state index is 11.4. The summed E-state index contributed by atoms with van der Waals surface area (Å²) in [5.74, 6) is 2.42. The number of hydrogen-bond donors (Lipinski definition) is 0. The zero-order valence-corrected chi connectivity index (χ0v) is 8.50. The molecule has 5 atom stereocenters. The van der Waals surface area contributed by atoms with Crippen LogP contribution in [-0.4, -0.2) is 28.8 Å². The first kappa shape index (κ1) is 8.10. The van der Waals surface area contributed by atoms with Gasteiger partial charge in [-0.1, -0.05) is 0 Å². The van der Waals surface area contributed by atoms with Crippen LogP contribution >= 0.6 is 11.6 Å². The minimum absolute atomic E-state index is 0.214. The third-order valence-corrected chi connectivity index (χ3v) is 4.81. The Bertz CT molecular complexity index is 266. The lowest BCUT2D eigenvalue weighted by Crippen LogP contribution is -2.40. The van der Waals surface area contributed by atoms with Gasteiger partial charge in [0.05, 0.1) is 11.4 Å². The molecule has 72 valence electrons. The van der Waals surface area contributed by atoms with Gasteiger partial charge in [-0.3, -0.25) is 4.79 Å². The monoisotopic (exact) mass is 199 g/mol. The molecule has 1 saturated heterocycles. The molecule has 1 amide bonds. The first-order chi connectivity index (χ1) is 6.18. The molecule has 3 aliphatic rings. The molecule has 0 aromatic carbocycles. The van der Waals surface area contributed by atoms with Crippen LogP contribution in [0.15, 0.2) is 0 Å². The number of carbonyl (C=O) groups excluding carboxylic acids is 1. The van der Waals surface area contributed by atoms with Crippen molar-refractivity contribution in [2.45, 2.75) is 31.2 Å². The molecule has 0 spiro atoms. The van der Waals surface area contributed by atoms with Crippen LogP contribution in [0.3, 0.4) is 0 Å². The van der Waals surface area contributed by atoms with E-state index < -0.39 is 0 Å². The predicted molar refractivity (Wildman–Crippen MR) is 50.5 cm³/mol. The number of amides is 1. The maximum atomic E-state index is 11.4. The van der Waals surface area contributed by atoms with E-state index in [2.05, 4.69) is 0 Å². The Labute approximate surface area is 83.2 Å². The molecule has 2 saturated carbocycles. The molecule has 0 aromatic rings. The van der Waals surface area contributed by atoms with E-state index in [1.54, 1.807) is 6.92 Å². The normalized spacial score (nSPS) is 51.8. The SMILES string of the molecule is CC(=O)N1CC2CC3CC2C1C3Cl. The Morgan fingerprint density at radius 1 is 1.38 bits per heavy atom. The molecule has 3 rings (SSSR count). The summed E-state index contributed by atoms with van der Waals surface area (Å²) in [6.45, 7) is 2.64. The number of hydrogen-bond acceptors (Lipinski definition) is 1. The molecule has 0 radical (unpaired) electrons. The molecule has 2 nitrogen and oxygen atoms in total. The summed E-state index contributed by atoms with van der Waals surface area (Å²) >= 11 is 6.35. The van der Waals surface area contributed by atoms with Crippen molar-refractivity contribution in [1.82, 2.24) is 4.90 Å². The lowest BCUT2D eigenvalue weighted by molar-refractivity contribution is -0.129. The fraction of sp³-hybridized carbons (Fsp3) is 0.900. The second-order valence-electron chi connectivity index (χ2n) is 4.76. The van der Waals surface area contributed by atoms with Gasteiger partial charge in [-0.05, 0) is 30.6 Å². The largest absolute Gasteiger partial charge is 0.338 e. The van der Waals surface area contributed by atoms with E-state index in [9.17, 15) is 4.79 Å². The summed E-state index contributed by atoms with van der Waals surface area (Å²) in [6, 6.07) is 0.378. The molecule has 3 heteroatoms. The highest BCUT2D eigenvalue weighted by atomic mass is 35.5. The molecular formula is C10H14ClNO. The number of rotatable bonds is 0. The van der Waals surface area contributed by atoms with Gasteiger partial charge in [-0.25, -0.2) is 0 Å². The lowest BCUT2D eigenvalue weighted by atomic mass is 9.90. The second kappa shape index (κ2) is 2.41. The molecule has 2 bridgehead atoms. The Balaban J connectivity index is 1.95. The summed E-state index contributed by atoms with van der Waals surface area (Å²) in [4.78, 5) is 13.4. The van der Waals surface area contributed by atoms with Gasteiger partial charge in [-0.2, -0.15) is 0 Å². The minimum atomic E-state index is 0.214. The summed E-state index contributed by atoms with van der Waals surface area (Å²) in [5, 5.41) is 0.243. The second-order valence-corrected chi connectivity index (χ2v) is 5.27. The Kier molecular flexibility index (Phi) is 1.50. The van der Waals surface area contributed by atoms with Gasteiger partial charge < -0.3 is 4.90 Å². The van der Waals surface area contributed by atoms with Crippen LogP contribution in [0.4, 0.5) is 0 Å². The highest BCUT2D eigenvalue weighted by Crippen LogP contribution is 2.56. The highest BCUT2D eigenvalue weighted by Gasteiger charge is 2.59. The quantitative estimate of drug-likeness (QED) is 0.542. The van der Waals surface area contributed by atoms with Gasteiger partial charge in [0.1, 0.15) is 0 Å². The number of alkyl halides is 1.